The highest BCUT2D eigenvalue weighted by Gasteiger charge is 2.12. The molecule has 0 aromatic rings. The fourth-order valence-electron chi connectivity index (χ4n) is 1.61. The maximum absolute atomic E-state index is 11.5. The molecule has 1 amide bonds. The van der Waals surface area contributed by atoms with Crippen molar-refractivity contribution in [2.75, 3.05) is 80.0 Å². The number of nitrogens with one attached hydrogen (secondary N) is 4. The second kappa shape index (κ2) is 12.0. The van der Waals surface area contributed by atoms with Gasteiger partial charge in [0, 0.05) is 52.4 Å². The molecule has 0 bridgehead atoms. The highest BCUT2D eigenvalue weighted by atomic mass is 16.2. The van der Waals surface area contributed by atoms with E-state index in [9.17, 15) is 4.79 Å². The van der Waals surface area contributed by atoms with Crippen LogP contribution >= 0.6 is 0 Å². The van der Waals surface area contributed by atoms with Gasteiger partial charge in [0.2, 0.25) is 0 Å². The van der Waals surface area contributed by atoms with Crippen LogP contribution < -0.4 is 27.0 Å². The zero-order valence-electron chi connectivity index (χ0n) is 13.3. The van der Waals surface area contributed by atoms with Crippen molar-refractivity contribution in [3.8, 4) is 0 Å². The van der Waals surface area contributed by atoms with E-state index in [0.29, 0.717) is 24.1 Å². The Hall–Kier alpha value is -0.730. The number of carbonyl (C=O) groups is 1. The molecule has 7 heteroatoms. The first-order chi connectivity index (χ1) is 9.45. The SMILES string of the molecule is C[N+](C)(C)CC(=O)NCCNCCNCCNCCN. The van der Waals surface area contributed by atoms with Gasteiger partial charge in [-0.2, -0.15) is 0 Å². The van der Waals surface area contributed by atoms with Crippen molar-refractivity contribution in [3.63, 3.8) is 0 Å². The van der Waals surface area contributed by atoms with Crippen molar-refractivity contribution in [1.82, 2.24) is 21.3 Å². The summed E-state index contributed by atoms with van der Waals surface area (Å²) in [4.78, 5) is 11.5. The number of nitrogens with two attached hydrogens (primary N) is 1. The maximum Gasteiger partial charge on any atom is 0.275 e. The van der Waals surface area contributed by atoms with E-state index in [-0.39, 0.29) is 5.91 Å². The molecule has 0 spiro atoms. The molecule has 0 aliphatic carbocycles. The molecule has 120 valence electrons. The van der Waals surface area contributed by atoms with Crippen LogP contribution in [0.3, 0.4) is 0 Å². The smallest absolute Gasteiger partial charge is 0.275 e. The van der Waals surface area contributed by atoms with Gasteiger partial charge in [0.1, 0.15) is 0 Å². The molecule has 0 saturated heterocycles. The predicted molar refractivity (Wildman–Crippen MR) is 83.6 cm³/mol. The fraction of sp³-hybridized carbons (Fsp3) is 0.923. The van der Waals surface area contributed by atoms with Crippen molar-refractivity contribution < 1.29 is 9.28 Å². The Bertz CT molecular complexity index is 242. The van der Waals surface area contributed by atoms with Crippen molar-refractivity contribution in [2.45, 2.75) is 0 Å². The van der Waals surface area contributed by atoms with E-state index in [1.165, 1.54) is 0 Å². The van der Waals surface area contributed by atoms with Gasteiger partial charge in [-0.05, 0) is 0 Å². The van der Waals surface area contributed by atoms with Crippen LogP contribution in [0.15, 0.2) is 0 Å². The summed E-state index contributed by atoms with van der Waals surface area (Å²) in [7, 11) is 6.02. The number of amides is 1. The van der Waals surface area contributed by atoms with Gasteiger partial charge in [-0.1, -0.05) is 0 Å². The minimum atomic E-state index is 0.100. The van der Waals surface area contributed by atoms with Crippen LogP contribution in [0.1, 0.15) is 0 Å². The van der Waals surface area contributed by atoms with Crippen LogP contribution in [-0.2, 0) is 4.79 Å². The van der Waals surface area contributed by atoms with Gasteiger partial charge in [0.05, 0.1) is 21.1 Å². The summed E-state index contributed by atoms with van der Waals surface area (Å²) in [6.45, 7) is 7.26. The summed E-state index contributed by atoms with van der Waals surface area (Å²) in [5.41, 5.74) is 5.37. The topological polar surface area (TPSA) is 91.2 Å². The van der Waals surface area contributed by atoms with E-state index >= 15 is 0 Å². The molecular formula is C13H33N6O+. The normalized spacial score (nSPS) is 11.6. The lowest BCUT2D eigenvalue weighted by Crippen LogP contribution is -2.45. The lowest BCUT2D eigenvalue weighted by molar-refractivity contribution is -0.862. The van der Waals surface area contributed by atoms with E-state index in [0.717, 1.165) is 39.3 Å². The third-order valence-corrected chi connectivity index (χ3v) is 2.52. The van der Waals surface area contributed by atoms with Gasteiger partial charge in [-0.15, -0.1) is 0 Å². The van der Waals surface area contributed by atoms with E-state index in [1.807, 2.05) is 21.1 Å². The lowest BCUT2D eigenvalue weighted by Gasteiger charge is -2.22. The molecule has 0 unspecified atom stereocenters. The zero-order valence-corrected chi connectivity index (χ0v) is 13.3. The summed E-state index contributed by atoms with van der Waals surface area (Å²) in [5.74, 6) is 0.100. The monoisotopic (exact) mass is 289 g/mol. The molecular weight excluding hydrogens is 256 g/mol. The molecule has 0 aliphatic heterocycles. The van der Waals surface area contributed by atoms with Gasteiger partial charge in [-0.3, -0.25) is 4.79 Å². The minimum Gasteiger partial charge on any atom is -0.350 e. The Morgan fingerprint density at radius 2 is 1.30 bits per heavy atom. The van der Waals surface area contributed by atoms with E-state index in [1.54, 1.807) is 0 Å². The molecule has 0 fully saturated rings. The van der Waals surface area contributed by atoms with Gasteiger partial charge in [-0.25, -0.2) is 0 Å². The van der Waals surface area contributed by atoms with Crippen LogP contribution in [0, 0.1) is 0 Å². The third-order valence-electron chi connectivity index (χ3n) is 2.52. The highest BCUT2D eigenvalue weighted by Crippen LogP contribution is 1.87. The molecule has 0 aliphatic rings. The summed E-state index contributed by atoms with van der Waals surface area (Å²) < 4.78 is 0.654. The number of likely N-dealkylation sites (N-methyl/N-ethyl adjacent to an activating group) is 1. The largest absolute Gasteiger partial charge is 0.350 e. The van der Waals surface area contributed by atoms with Gasteiger partial charge < -0.3 is 31.5 Å². The number of hydrogen-bond donors (Lipinski definition) is 5. The van der Waals surface area contributed by atoms with Crippen molar-refractivity contribution >= 4 is 5.91 Å². The second-order valence-corrected chi connectivity index (χ2v) is 5.84. The van der Waals surface area contributed by atoms with Crippen LogP contribution in [0.2, 0.25) is 0 Å². The fourth-order valence-corrected chi connectivity index (χ4v) is 1.61. The molecule has 0 rings (SSSR count). The molecule has 0 aromatic carbocycles. The Morgan fingerprint density at radius 3 is 1.75 bits per heavy atom. The summed E-state index contributed by atoms with van der Waals surface area (Å²) >= 11 is 0. The number of nitrogens with zero attached hydrogens (tertiary/aromatic N) is 1. The van der Waals surface area contributed by atoms with Crippen LogP contribution in [-0.4, -0.2) is 90.4 Å². The van der Waals surface area contributed by atoms with Crippen LogP contribution in [0.25, 0.3) is 0 Å². The molecule has 0 aromatic heterocycles. The van der Waals surface area contributed by atoms with Crippen LogP contribution in [0.5, 0.6) is 0 Å². The quantitative estimate of drug-likeness (QED) is 0.192. The first-order valence-corrected chi connectivity index (χ1v) is 7.35. The average Bonchev–Trinajstić information content (AvgIpc) is 2.34. The summed E-state index contributed by atoms with van der Waals surface area (Å²) in [6.07, 6.45) is 0. The summed E-state index contributed by atoms with van der Waals surface area (Å²) in [6, 6.07) is 0. The van der Waals surface area contributed by atoms with Gasteiger partial charge in [0.15, 0.2) is 6.54 Å². The third kappa shape index (κ3) is 15.3. The van der Waals surface area contributed by atoms with Crippen LogP contribution in [0.4, 0.5) is 0 Å². The first kappa shape index (κ1) is 19.3. The lowest BCUT2D eigenvalue weighted by atomic mass is 10.4. The minimum absolute atomic E-state index is 0.100. The molecule has 6 N–H and O–H groups in total. The van der Waals surface area contributed by atoms with E-state index in [2.05, 4.69) is 21.3 Å². The molecule has 20 heavy (non-hydrogen) atoms. The molecule has 0 atom stereocenters. The molecule has 0 radical (unpaired) electrons. The first-order valence-electron chi connectivity index (χ1n) is 7.35. The predicted octanol–water partition coefficient (Wildman–Crippen LogP) is -2.46. The van der Waals surface area contributed by atoms with Gasteiger partial charge in [0.25, 0.3) is 5.91 Å². The van der Waals surface area contributed by atoms with E-state index in [4.69, 9.17) is 5.73 Å². The Morgan fingerprint density at radius 1 is 0.850 bits per heavy atom. The number of hydrogen-bond acceptors (Lipinski definition) is 5. The number of quaternary nitrogens is 1. The molecule has 0 saturated carbocycles. The maximum atomic E-state index is 11.5. The van der Waals surface area contributed by atoms with Crippen molar-refractivity contribution in [3.05, 3.63) is 0 Å². The highest BCUT2D eigenvalue weighted by molar-refractivity contribution is 5.76. The number of rotatable bonds is 13. The molecule has 7 nitrogen and oxygen atoms in total. The Kier molecular flexibility index (Phi) is 11.6. The average molecular weight is 289 g/mol. The van der Waals surface area contributed by atoms with E-state index < -0.39 is 0 Å². The second-order valence-electron chi connectivity index (χ2n) is 5.84. The zero-order chi connectivity index (χ0) is 15.3. The van der Waals surface area contributed by atoms with Crippen molar-refractivity contribution in [2.24, 2.45) is 5.73 Å². The molecule has 0 heterocycles. The number of carbonyl (C=O) groups excluding carboxylic acids is 1. The standard InChI is InChI=1S/C13H32N6O/c1-19(2,3)12-13(20)18-11-10-17-9-8-16-7-6-15-5-4-14/h15-17H,4-12,14H2,1-3H3/p+1. The summed E-state index contributed by atoms with van der Waals surface area (Å²) in [5, 5.41) is 12.7. The van der Waals surface area contributed by atoms with Crippen molar-refractivity contribution in [1.29, 1.82) is 0 Å². The Labute approximate surface area is 123 Å². The Balaban J connectivity index is 3.19. The van der Waals surface area contributed by atoms with Gasteiger partial charge >= 0.3 is 0 Å².